The van der Waals surface area contributed by atoms with E-state index in [9.17, 15) is 0 Å². The van der Waals surface area contributed by atoms with Gasteiger partial charge in [0.2, 0.25) is 11.6 Å². The molecule has 0 aliphatic heterocycles. The fraction of sp³-hybridized carbons (Fsp3) is 0.267. The van der Waals surface area contributed by atoms with Crippen molar-refractivity contribution in [2.75, 3.05) is 0 Å². The molecule has 4 aromatic rings. The van der Waals surface area contributed by atoms with Crippen molar-refractivity contribution in [1.29, 1.82) is 0 Å². The summed E-state index contributed by atoms with van der Waals surface area (Å²) < 4.78 is 5.40. The van der Waals surface area contributed by atoms with Crippen LogP contribution in [0.5, 0.6) is 0 Å². The van der Waals surface area contributed by atoms with E-state index < -0.39 is 0 Å². The Kier molecular flexibility index (Phi) is 3.17. The smallest absolute Gasteiger partial charge is 0.270 e. The number of H-pyrrole nitrogens is 1. The Bertz CT molecular complexity index is 1030. The first-order chi connectivity index (χ1) is 12.3. The Morgan fingerprint density at radius 1 is 1.08 bits per heavy atom. The van der Waals surface area contributed by atoms with Gasteiger partial charge in [0.15, 0.2) is 10.8 Å². The van der Waals surface area contributed by atoms with Gasteiger partial charge in [-0.2, -0.15) is 4.98 Å². The van der Waals surface area contributed by atoms with Crippen LogP contribution in [0.4, 0.5) is 0 Å². The van der Waals surface area contributed by atoms with E-state index in [1.54, 1.807) is 18.5 Å². The van der Waals surface area contributed by atoms with Gasteiger partial charge in [-0.25, -0.2) is 19.9 Å². The summed E-state index contributed by atoms with van der Waals surface area (Å²) in [5.74, 6) is 3.16. The second-order valence-corrected chi connectivity index (χ2v) is 6.75. The van der Waals surface area contributed by atoms with Crippen LogP contribution in [0.1, 0.15) is 30.3 Å². The summed E-state index contributed by atoms with van der Waals surface area (Å²) in [6.07, 6.45) is 5.67. The van der Waals surface area contributed by atoms with Crippen LogP contribution in [-0.4, -0.2) is 40.3 Å². The molecule has 1 fully saturated rings. The highest BCUT2D eigenvalue weighted by atomic mass is 32.1. The Morgan fingerprint density at radius 3 is 2.72 bits per heavy atom. The van der Waals surface area contributed by atoms with Gasteiger partial charge in [0.1, 0.15) is 10.7 Å². The predicted molar refractivity (Wildman–Crippen MR) is 88.5 cm³/mol. The molecule has 9 nitrogen and oxygen atoms in total. The lowest BCUT2D eigenvalue weighted by molar-refractivity contribution is 0.432. The zero-order chi connectivity index (χ0) is 16.8. The van der Waals surface area contributed by atoms with Crippen molar-refractivity contribution in [2.45, 2.75) is 25.7 Å². The fourth-order valence-electron chi connectivity index (χ4n) is 2.42. The van der Waals surface area contributed by atoms with E-state index in [1.807, 2.05) is 6.92 Å². The largest absolute Gasteiger partial charge is 0.333 e. The molecule has 1 saturated carbocycles. The van der Waals surface area contributed by atoms with Gasteiger partial charge in [0.05, 0.1) is 5.69 Å². The SMILES string of the molecule is Cc1nc(-c2ncccn2)sc1-c1nc(-c2n[nH]c(C3CC3)n2)no1. The first-order valence-corrected chi connectivity index (χ1v) is 8.61. The molecule has 0 atom stereocenters. The molecule has 1 aliphatic rings. The highest BCUT2D eigenvalue weighted by Gasteiger charge is 2.28. The van der Waals surface area contributed by atoms with Gasteiger partial charge in [0, 0.05) is 18.3 Å². The fourth-order valence-corrected chi connectivity index (χ4v) is 3.36. The molecule has 0 radical (unpaired) electrons. The molecular weight excluding hydrogens is 340 g/mol. The predicted octanol–water partition coefficient (Wildman–Crippen LogP) is 2.62. The summed E-state index contributed by atoms with van der Waals surface area (Å²) in [5.41, 5.74) is 0.788. The van der Waals surface area contributed by atoms with Crippen molar-refractivity contribution < 1.29 is 4.52 Å². The molecule has 10 heteroatoms. The van der Waals surface area contributed by atoms with Gasteiger partial charge in [-0.3, -0.25) is 5.10 Å². The number of nitrogens with zero attached hydrogens (tertiary/aromatic N) is 7. The number of aryl methyl sites for hydroxylation is 1. The molecule has 0 saturated heterocycles. The van der Waals surface area contributed by atoms with Crippen LogP contribution in [0.25, 0.3) is 33.2 Å². The minimum absolute atomic E-state index is 0.364. The molecule has 1 aliphatic carbocycles. The summed E-state index contributed by atoms with van der Waals surface area (Å²) in [6, 6.07) is 1.77. The minimum Gasteiger partial charge on any atom is -0.333 e. The maximum Gasteiger partial charge on any atom is 0.270 e. The van der Waals surface area contributed by atoms with Crippen LogP contribution in [-0.2, 0) is 0 Å². The van der Waals surface area contributed by atoms with E-state index in [-0.39, 0.29) is 0 Å². The lowest BCUT2D eigenvalue weighted by atomic mass is 10.4. The first-order valence-electron chi connectivity index (χ1n) is 7.79. The number of aromatic nitrogens is 8. The van der Waals surface area contributed by atoms with E-state index in [4.69, 9.17) is 4.52 Å². The summed E-state index contributed by atoms with van der Waals surface area (Å²) in [6.45, 7) is 1.89. The molecule has 4 aromatic heterocycles. The van der Waals surface area contributed by atoms with Crippen molar-refractivity contribution in [2.24, 2.45) is 0 Å². The van der Waals surface area contributed by atoms with Gasteiger partial charge in [0.25, 0.3) is 5.89 Å². The van der Waals surface area contributed by atoms with Gasteiger partial charge in [-0.1, -0.05) is 5.16 Å². The van der Waals surface area contributed by atoms with Gasteiger partial charge < -0.3 is 4.52 Å². The molecule has 0 unspecified atom stereocenters. The van der Waals surface area contributed by atoms with E-state index in [0.717, 1.165) is 29.2 Å². The highest BCUT2D eigenvalue weighted by Crippen LogP contribution is 2.38. The third kappa shape index (κ3) is 2.60. The molecule has 25 heavy (non-hydrogen) atoms. The van der Waals surface area contributed by atoms with Crippen LogP contribution >= 0.6 is 11.3 Å². The lowest BCUT2D eigenvalue weighted by Crippen LogP contribution is -1.85. The van der Waals surface area contributed by atoms with Crippen molar-refractivity contribution in [1.82, 2.24) is 40.3 Å². The molecule has 124 valence electrons. The van der Waals surface area contributed by atoms with E-state index in [2.05, 4.69) is 40.3 Å². The van der Waals surface area contributed by atoms with Gasteiger partial charge in [-0.05, 0) is 25.8 Å². The van der Waals surface area contributed by atoms with Gasteiger partial charge >= 0.3 is 0 Å². The maximum atomic E-state index is 5.40. The van der Waals surface area contributed by atoms with E-state index in [1.165, 1.54) is 11.3 Å². The molecule has 0 spiro atoms. The van der Waals surface area contributed by atoms with Crippen LogP contribution in [0.3, 0.4) is 0 Å². The van der Waals surface area contributed by atoms with Crippen molar-refractivity contribution in [3.8, 4) is 33.2 Å². The number of aromatic amines is 1. The average Bonchev–Trinajstić information content (AvgIpc) is 3.05. The zero-order valence-electron chi connectivity index (χ0n) is 13.2. The van der Waals surface area contributed by atoms with Crippen LogP contribution in [0.15, 0.2) is 23.0 Å². The van der Waals surface area contributed by atoms with Crippen LogP contribution in [0, 0.1) is 6.92 Å². The third-order valence-electron chi connectivity index (χ3n) is 3.84. The van der Waals surface area contributed by atoms with Gasteiger partial charge in [-0.15, -0.1) is 16.4 Å². The topological polar surface area (TPSA) is 119 Å². The van der Waals surface area contributed by atoms with Crippen molar-refractivity contribution in [3.63, 3.8) is 0 Å². The Hall–Kier alpha value is -3.01. The normalized spacial score (nSPS) is 14.1. The first kappa shape index (κ1) is 14.3. The van der Waals surface area contributed by atoms with Crippen molar-refractivity contribution >= 4 is 11.3 Å². The molecule has 0 amide bonds. The Balaban J connectivity index is 1.47. The second-order valence-electron chi connectivity index (χ2n) is 5.75. The molecular formula is C15H12N8OS. The molecule has 0 aromatic carbocycles. The standard InChI is InChI=1S/C15H12N8OS/c1-7-9(25-15(18-7)13-16-5-2-6-17-13)14-20-12(23-24-14)11-19-10(21-22-11)8-3-4-8/h2,5-6,8H,3-4H2,1H3,(H,19,21,22). The molecule has 0 bridgehead atoms. The molecule has 1 N–H and O–H groups in total. The third-order valence-corrected chi connectivity index (χ3v) is 4.98. The lowest BCUT2D eigenvalue weighted by Gasteiger charge is -1.90. The van der Waals surface area contributed by atoms with Crippen molar-refractivity contribution in [3.05, 3.63) is 30.0 Å². The number of hydrogen-bond donors (Lipinski definition) is 1. The van der Waals surface area contributed by atoms with Crippen LogP contribution < -0.4 is 0 Å². The monoisotopic (exact) mass is 352 g/mol. The minimum atomic E-state index is 0.364. The van der Waals surface area contributed by atoms with E-state index in [0.29, 0.717) is 34.3 Å². The van der Waals surface area contributed by atoms with E-state index >= 15 is 0 Å². The number of hydrogen-bond acceptors (Lipinski definition) is 9. The summed E-state index contributed by atoms with van der Waals surface area (Å²) in [5, 5.41) is 11.8. The highest BCUT2D eigenvalue weighted by molar-refractivity contribution is 7.18. The number of rotatable bonds is 4. The number of nitrogens with one attached hydrogen (secondary N) is 1. The molecule has 5 rings (SSSR count). The zero-order valence-corrected chi connectivity index (χ0v) is 14.0. The van der Waals surface area contributed by atoms with Crippen LogP contribution in [0.2, 0.25) is 0 Å². The Morgan fingerprint density at radius 2 is 1.92 bits per heavy atom. The maximum absolute atomic E-state index is 5.40. The quantitative estimate of drug-likeness (QED) is 0.595. The number of thiazole rings is 1. The average molecular weight is 352 g/mol. The summed E-state index contributed by atoms with van der Waals surface area (Å²) in [7, 11) is 0. The summed E-state index contributed by atoms with van der Waals surface area (Å²) in [4.78, 5) is 22.6. The second kappa shape index (κ2) is 5.52. The Labute approximate surface area is 145 Å². The summed E-state index contributed by atoms with van der Waals surface area (Å²) >= 11 is 1.41. The molecule has 4 heterocycles.